The predicted octanol–water partition coefficient (Wildman–Crippen LogP) is 1.59. The van der Waals surface area contributed by atoms with E-state index in [0.29, 0.717) is 11.8 Å². The van der Waals surface area contributed by atoms with Crippen molar-refractivity contribution in [3.63, 3.8) is 0 Å². The molecule has 0 aliphatic carbocycles. The van der Waals surface area contributed by atoms with Gasteiger partial charge in [-0.15, -0.1) is 0 Å². The topological polar surface area (TPSA) is 63.1 Å². The third kappa shape index (κ3) is 1.15. The van der Waals surface area contributed by atoms with E-state index in [1.165, 1.54) is 6.07 Å². The molecule has 0 saturated heterocycles. The molecule has 2 aromatic rings. The lowest BCUT2D eigenvalue weighted by atomic mass is 10.2. The Bertz CT molecular complexity index is 526. The van der Waals surface area contributed by atoms with Gasteiger partial charge in [0.05, 0.1) is 16.1 Å². The minimum absolute atomic E-state index is 0.192. The van der Waals surface area contributed by atoms with E-state index < -0.39 is 5.76 Å². The third-order valence-electron chi connectivity index (χ3n) is 1.69. The number of benzene rings is 1. The lowest BCUT2D eigenvalue weighted by Crippen LogP contribution is -1.92. The quantitative estimate of drug-likeness (QED) is 0.706. The van der Waals surface area contributed by atoms with Crippen LogP contribution in [0.3, 0.4) is 0 Å². The van der Waals surface area contributed by atoms with E-state index >= 15 is 0 Å². The zero-order valence-corrected chi connectivity index (χ0v) is 7.09. The van der Waals surface area contributed by atoms with Crippen molar-refractivity contribution in [2.75, 3.05) is 0 Å². The van der Waals surface area contributed by atoms with Gasteiger partial charge in [-0.2, -0.15) is 0 Å². The zero-order chi connectivity index (χ0) is 9.42. The Balaban J connectivity index is 2.98. The molecule has 13 heavy (non-hydrogen) atoms. The number of rotatable bonds is 1. The second-order valence-electron chi connectivity index (χ2n) is 2.47. The van der Waals surface area contributed by atoms with Crippen LogP contribution in [0.15, 0.2) is 21.3 Å². The minimum Gasteiger partial charge on any atom is -0.407 e. The van der Waals surface area contributed by atoms with Crippen molar-refractivity contribution < 1.29 is 9.21 Å². The number of hydrogen-bond acceptors (Lipinski definition) is 3. The highest BCUT2D eigenvalue weighted by Crippen LogP contribution is 2.22. The van der Waals surface area contributed by atoms with Crippen LogP contribution in [0.25, 0.3) is 11.1 Å². The molecule has 0 aliphatic heterocycles. The first-order valence-corrected chi connectivity index (χ1v) is 3.86. The van der Waals surface area contributed by atoms with E-state index in [1.807, 2.05) is 0 Å². The summed E-state index contributed by atoms with van der Waals surface area (Å²) >= 11 is 5.71. The van der Waals surface area contributed by atoms with Crippen molar-refractivity contribution >= 4 is 29.0 Å². The Labute approximate surface area is 77.1 Å². The first-order chi connectivity index (χ1) is 6.22. The third-order valence-corrected chi connectivity index (χ3v) is 2.02. The molecule has 0 atom stereocenters. The van der Waals surface area contributed by atoms with Gasteiger partial charge in [-0.25, -0.2) is 4.79 Å². The minimum atomic E-state index is -0.597. The number of hydrogen-bond donors (Lipinski definition) is 1. The molecule has 2 rings (SSSR count). The summed E-state index contributed by atoms with van der Waals surface area (Å²) in [5.41, 5.74) is 0.863. The standard InChI is InChI=1S/C8H4ClNO3/c9-5-1-2-6-7(4(5)3-11)13-8(12)10-6/h1-3H,(H,10,12). The van der Waals surface area contributed by atoms with Crippen LogP contribution < -0.4 is 5.76 Å². The molecule has 0 bridgehead atoms. The molecule has 66 valence electrons. The Hall–Kier alpha value is -1.55. The molecular formula is C8H4ClNO3. The van der Waals surface area contributed by atoms with Gasteiger partial charge in [0.25, 0.3) is 0 Å². The Morgan fingerprint density at radius 2 is 2.23 bits per heavy atom. The van der Waals surface area contributed by atoms with E-state index in [0.717, 1.165) is 0 Å². The van der Waals surface area contributed by atoms with Crippen LogP contribution in [-0.2, 0) is 0 Å². The van der Waals surface area contributed by atoms with E-state index in [-0.39, 0.29) is 16.2 Å². The van der Waals surface area contributed by atoms with E-state index in [2.05, 4.69) is 4.98 Å². The van der Waals surface area contributed by atoms with Crippen molar-refractivity contribution in [3.05, 3.63) is 33.3 Å². The Morgan fingerprint density at radius 1 is 1.46 bits per heavy atom. The summed E-state index contributed by atoms with van der Waals surface area (Å²) in [4.78, 5) is 23.8. The molecule has 1 N–H and O–H groups in total. The summed E-state index contributed by atoms with van der Waals surface area (Å²) in [5, 5.41) is 0.269. The average Bonchev–Trinajstić information content (AvgIpc) is 2.45. The molecule has 1 aromatic heterocycles. The van der Waals surface area contributed by atoms with Crippen LogP contribution in [0.2, 0.25) is 5.02 Å². The molecule has 4 nitrogen and oxygen atoms in total. The van der Waals surface area contributed by atoms with Gasteiger partial charge in [-0.05, 0) is 12.1 Å². The molecule has 1 heterocycles. The van der Waals surface area contributed by atoms with E-state index in [1.54, 1.807) is 6.07 Å². The van der Waals surface area contributed by atoms with Crippen LogP contribution in [0.1, 0.15) is 10.4 Å². The number of aromatic amines is 1. The maximum atomic E-state index is 10.8. The number of aromatic nitrogens is 1. The number of carbonyl (C=O) groups is 1. The van der Waals surface area contributed by atoms with Gasteiger partial charge in [-0.3, -0.25) is 9.78 Å². The number of aldehydes is 1. The zero-order valence-electron chi connectivity index (χ0n) is 6.33. The van der Waals surface area contributed by atoms with Crippen molar-refractivity contribution in [1.82, 2.24) is 4.98 Å². The molecule has 0 spiro atoms. The van der Waals surface area contributed by atoms with Crippen molar-refractivity contribution in [3.8, 4) is 0 Å². The highest BCUT2D eigenvalue weighted by Gasteiger charge is 2.09. The second kappa shape index (κ2) is 2.74. The fourth-order valence-electron chi connectivity index (χ4n) is 1.12. The normalized spacial score (nSPS) is 10.5. The van der Waals surface area contributed by atoms with Gasteiger partial charge >= 0.3 is 5.76 Å². The fraction of sp³-hybridized carbons (Fsp3) is 0. The summed E-state index contributed by atoms with van der Waals surface area (Å²) in [5.74, 6) is -0.597. The average molecular weight is 198 g/mol. The summed E-state index contributed by atoms with van der Waals surface area (Å²) in [6.07, 6.45) is 0.557. The summed E-state index contributed by atoms with van der Waals surface area (Å²) < 4.78 is 4.74. The molecule has 0 saturated carbocycles. The first-order valence-electron chi connectivity index (χ1n) is 3.49. The lowest BCUT2D eigenvalue weighted by Gasteiger charge is -1.94. The largest absolute Gasteiger partial charge is 0.417 e. The van der Waals surface area contributed by atoms with Gasteiger partial charge in [0.1, 0.15) is 0 Å². The Morgan fingerprint density at radius 3 is 2.92 bits per heavy atom. The highest BCUT2D eigenvalue weighted by molar-refractivity contribution is 6.34. The van der Waals surface area contributed by atoms with Gasteiger partial charge in [0, 0.05) is 0 Å². The van der Waals surface area contributed by atoms with Gasteiger partial charge in [0.2, 0.25) is 0 Å². The molecule has 0 radical (unpaired) electrons. The smallest absolute Gasteiger partial charge is 0.407 e. The summed E-state index contributed by atoms with van der Waals surface area (Å²) in [7, 11) is 0. The van der Waals surface area contributed by atoms with Crippen molar-refractivity contribution in [2.45, 2.75) is 0 Å². The van der Waals surface area contributed by atoms with Crippen LogP contribution in [-0.4, -0.2) is 11.3 Å². The molecule has 0 unspecified atom stereocenters. The molecule has 0 amide bonds. The maximum absolute atomic E-state index is 10.8. The van der Waals surface area contributed by atoms with Crippen LogP contribution in [0, 0.1) is 0 Å². The SMILES string of the molecule is O=Cc1c(Cl)ccc2[nH]c(=O)oc12. The summed E-state index contributed by atoms with van der Waals surface area (Å²) in [6, 6.07) is 3.11. The molecule has 5 heteroatoms. The predicted molar refractivity (Wildman–Crippen MR) is 47.2 cm³/mol. The monoisotopic (exact) mass is 197 g/mol. The van der Waals surface area contributed by atoms with Gasteiger partial charge in [0.15, 0.2) is 11.9 Å². The van der Waals surface area contributed by atoms with Crippen molar-refractivity contribution in [1.29, 1.82) is 0 Å². The number of carbonyl (C=O) groups excluding carboxylic acids is 1. The number of H-pyrrole nitrogens is 1. The summed E-state index contributed by atoms with van der Waals surface area (Å²) in [6.45, 7) is 0. The van der Waals surface area contributed by atoms with Crippen LogP contribution in [0.5, 0.6) is 0 Å². The number of fused-ring (bicyclic) bond motifs is 1. The van der Waals surface area contributed by atoms with Gasteiger partial charge < -0.3 is 4.42 Å². The van der Waals surface area contributed by atoms with Gasteiger partial charge in [-0.1, -0.05) is 11.6 Å². The number of nitrogens with one attached hydrogen (secondary N) is 1. The molecule has 0 aliphatic rings. The van der Waals surface area contributed by atoms with E-state index in [4.69, 9.17) is 16.0 Å². The molecule has 1 aromatic carbocycles. The highest BCUT2D eigenvalue weighted by atomic mass is 35.5. The molecular weight excluding hydrogens is 194 g/mol. The second-order valence-corrected chi connectivity index (χ2v) is 2.88. The van der Waals surface area contributed by atoms with E-state index in [9.17, 15) is 9.59 Å². The fourth-order valence-corrected chi connectivity index (χ4v) is 1.32. The number of oxazole rings is 1. The Kier molecular flexibility index (Phi) is 1.70. The number of halogens is 1. The van der Waals surface area contributed by atoms with Crippen LogP contribution in [0.4, 0.5) is 0 Å². The van der Waals surface area contributed by atoms with Crippen LogP contribution >= 0.6 is 11.6 Å². The molecule has 0 fully saturated rings. The van der Waals surface area contributed by atoms with Crippen molar-refractivity contribution in [2.24, 2.45) is 0 Å². The lowest BCUT2D eigenvalue weighted by molar-refractivity contribution is 0.112. The maximum Gasteiger partial charge on any atom is 0.417 e. The first kappa shape index (κ1) is 8.07.